The molecule has 0 amide bonds. The Morgan fingerprint density at radius 1 is 1.27 bits per heavy atom. The minimum Gasteiger partial charge on any atom is -0.434 e. The van der Waals surface area contributed by atoms with E-state index >= 15 is 0 Å². The lowest BCUT2D eigenvalue weighted by atomic mass is 9.96. The molecule has 0 saturated heterocycles. The van der Waals surface area contributed by atoms with Gasteiger partial charge < -0.3 is 10.1 Å². The van der Waals surface area contributed by atoms with E-state index < -0.39 is 6.23 Å². The van der Waals surface area contributed by atoms with E-state index in [1.54, 1.807) is 17.4 Å². The number of nitrogens with zero attached hydrogens (tertiary/aromatic N) is 1. The Hall–Kier alpha value is -2.32. The summed E-state index contributed by atoms with van der Waals surface area (Å²) in [6.45, 7) is 0. The number of esters is 1. The molecule has 0 radical (unpaired) electrons. The van der Waals surface area contributed by atoms with Gasteiger partial charge >= 0.3 is 5.97 Å². The van der Waals surface area contributed by atoms with Crippen LogP contribution in [0.2, 0.25) is 0 Å². The fourth-order valence-electron chi connectivity index (χ4n) is 3.16. The van der Waals surface area contributed by atoms with Crippen molar-refractivity contribution in [1.29, 1.82) is 5.26 Å². The Bertz CT molecular complexity index is 803. The number of carbonyl (C=O) groups is 1. The van der Waals surface area contributed by atoms with Gasteiger partial charge in [-0.3, -0.25) is 0 Å². The molecule has 110 valence electrons. The van der Waals surface area contributed by atoms with Crippen molar-refractivity contribution in [1.82, 2.24) is 0 Å². The molecule has 0 bridgehead atoms. The minimum absolute atomic E-state index is 0.312. The van der Waals surface area contributed by atoms with Crippen LogP contribution in [0.5, 0.6) is 0 Å². The predicted octanol–water partition coefficient (Wildman–Crippen LogP) is 3.78. The number of hydrogen-bond acceptors (Lipinski definition) is 5. The fourth-order valence-corrected chi connectivity index (χ4v) is 4.41. The third-order valence-electron chi connectivity index (χ3n) is 4.23. The zero-order valence-corrected chi connectivity index (χ0v) is 12.7. The van der Waals surface area contributed by atoms with Crippen molar-refractivity contribution >= 4 is 22.3 Å². The summed E-state index contributed by atoms with van der Waals surface area (Å²) in [4.78, 5) is 13.2. The predicted molar refractivity (Wildman–Crippen MR) is 83.9 cm³/mol. The number of fused-ring (bicyclic) bond motifs is 2. The van der Waals surface area contributed by atoms with Crippen molar-refractivity contribution in [3.63, 3.8) is 0 Å². The Labute approximate surface area is 132 Å². The zero-order valence-electron chi connectivity index (χ0n) is 11.9. The van der Waals surface area contributed by atoms with Crippen molar-refractivity contribution in [2.75, 3.05) is 5.32 Å². The van der Waals surface area contributed by atoms with Gasteiger partial charge in [-0.25, -0.2) is 4.79 Å². The number of cyclic esters (lactones) is 1. The number of benzene rings is 1. The molecule has 0 saturated carbocycles. The second-order valence-corrected chi connectivity index (χ2v) is 6.65. The highest BCUT2D eigenvalue weighted by atomic mass is 32.1. The van der Waals surface area contributed by atoms with Gasteiger partial charge in [-0.1, -0.05) is 18.2 Å². The number of aryl methyl sites for hydroxylation is 1. The lowest BCUT2D eigenvalue weighted by Crippen LogP contribution is -2.10. The van der Waals surface area contributed by atoms with Crippen molar-refractivity contribution < 1.29 is 9.53 Å². The van der Waals surface area contributed by atoms with Gasteiger partial charge in [-0.05, 0) is 37.3 Å². The Morgan fingerprint density at radius 3 is 2.95 bits per heavy atom. The molecule has 1 aromatic heterocycles. The van der Waals surface area contributed by atoms with E-state index in [1.165, 1.54) is 16.9 Å². The number of carbonyl (C=O) groups excluding carboxylic acids is 1. The smallest absolute Gasteiger partial charge is 0.340 e. The molecule has 2 heterocycles. The summed E-state index contributed by atoms with van der Waals surface area (Å²) in [5.74, 6) is -0.312. The molecule has 0 fully saturated rings. The zero-order chi connectivity index (χ0) is 15.1. The third-order valence-corrected chi connectivity index (χ3v) is 5.46. The van der Waals surface area contributed by atoms with Crippen LogP contribution < -0.4 is 5.32 Å². The molecule has 1 aromatic carbocycles. The van der Waals surface area contributed by atoms with Crippen molar-refractivity contribution in [2.45, 2.75) is 31.9 Å². The number of anilines is 1. The van der Waals surface area contributed by atoms with Crippen LogP contribution in [0.4, 0.5) is 5.00 Å². The maximum Gasteiger partial charge on any atom is 0.340 e. The van der Waals surface area contributed by atoms with Crippen molar-refractivity contribution in [2.24, 2.45) is 0 Å². The average molecular weight is 310 g/mol. The van der Waals surface area contributed by atoms with E-state index in [9.17, 15) is 10.1 Å². The van der Waals surface area contributed by atoms with Gasteiger partial charge in [-0.2, -0.15) is 5.26 Å². The molecule has 1 unspecified atom stereocenters. The number of hydrogen-bond donors (Lipinski definition) is 1. The van der Waals surface area contributed by atoms with E-state index in [-0.39, 0.29) is 5.97 Å². The molecule has 5 heteroatoms. The molecule has 4 nitrogen and oxygen atoms in total. The number of thiophene rings is 1. The monoisotopic (exact) mass is 310 g/mol. The number of rotatable bonds is 2. The molecular formula is C17H14N2O2S. The number of ether oxygens (including phenoxy) is 1. The van der Waals surface area contributed by atoms with Crippen LogP contribution in [0.15, 0.2) is 24.3 Å². The molecule has 22 heavy (non-hydrogen) atoms. The Balaban J connectivity index is 1.70. The standard InChI is InChI=1S/C17H14N2O2S/c18-9-13-10-5-3-4-8-14(10)22-16(13)19-15-11-6-1-2-7-12(11)17(20)21-15/h1-2,6-7,15,19H,3-5,8H2. The molecule has 1 aliphatic carbocycles. The van der Waals surface area contributed by atoms with Crippen LogP contribution in [-0.2, 0) is 17.6 Å². The number of nitriles is 1. The molecular weight excluding hydrogens is 296 g/mol. The first-order valence-electron chi connectivity index (χ1n) is 7.39. The quantitative estimate of drug-likeness (QED) is 0.857. The molecule has 2 aliphatic rings. The highest BCUT2D eigenvalue weighted by Gasteiger charge is 2.32. The summed E-state index contributed by atoms with van der Waals surface area (Å²) >= 11 is 1.62. The van der Waals surface area contributed by atoms with Crippen LogP contribution in [0.1, 0.15) is 51.0 Å². The second-order valence-electron chi connectivity index (χ2n) is 5.54. The first kappa shape index (κ1) is 13.4. The van der Waals surface area contributed by atoms with Gasteiger partial charge in [0.15, 0.2) is 0 Å². The van der Waals surface area contributed by atoms with Gasteiger partial charge in [0.2, 0.25) is 6.23 Å². The Morgan fingerprint density at radius 2 is 2.09 bits per heavy atom. The molecule has 1 N–H and O–H groups in total. The van der Waals surface area contributed by atoms with Crippen LogP contribution in [0, 0.1) is 11.3 Å². The largest absolute Gasteiger partial charge is 0.434 e. The SMILES string of the molecule is N#Cc1c(NC2OC(=O)c3ccccc32)sc2c1CCCC2. The maximum absolute atomic E-state index is 11.9. The van der Waals surface area contributed by atoms with Crippen LogP contribution in [0.3, 0.4) is 0 Å². The van der Waals surface area contributed by atoms with Gasteiger partial charge in [-0.15, -0.1) is 11.3 Å². The third kappa shape index (κ3) is 1.99. The van der Waals surface area contributed by atoms with E-state index in [0.717, 1.165) is 35.4 Å². The van der Waals surface area contributed by atoms with Crippen LogP contribution >= 0.6 is 11.3 Å². The van der Waals surface area contributed by atoms with Gasteiger partial charge in [0.25, 0.3) is 0 Å². The molecule has 2 aromatic rings. The van der Waals surface area contributed by atoms with E-state index in [0.29, 0.717) is 5.56 Å². The van der Waals surface area contributed by atoms with Gasteiger partial charge in [0, 0.05) is 10.4 Å². The summed E-state index contributed by atoms with van der Waals surface area (Å²) in [5, 5.41) is 13.6. The van der Waals surface area contributed by atoms with Crippen molar-refractivity contribution in [3.05, 3.63) is 51.4 Å². The summed E-state index contributed by atoms with van der Waals surface area (Å²) in [5.41, 5.74) is 3.33. The topological polar surface area (TPSA) is 62.1 Å². The highest BCUT2D eigenvalue weighted by molar-refractivity contribution is 7.16. The van der Waals surface area contributed by atoms with Gasteiger partial charge in [0.1, 0.15) is 11.1 Å². The van der Waals surface area contributed by atoms with E-state index in [1.807, 2.05) is 18.2 Å². The first-order valence-corrected chi connectivity index (χ1v) is 8.20. The lowest BCUT2D eigenvalue weighted by Gasteiger charge is -2.13. The van der Waals surface area contributed by atoms with E-state index in [4.69, 9.17) is 4.74 Å². The summed E-state index contributed by atoms with van der Waals surface area (Å²) in [6.07, 6.45) is 3.82. The van der Waals surface area contributed by atoms with Crippen LogP contribution in [0.25, 0.3) is 0 Å². The minimum atomic E-state index is -0.504. The summed E-state index contributed by atoms with van der Waals surface area (Å²) in [6, 6.07) is 9.69. The summed E-state index contributed by atoms with van der Waals surface area (Å²) < 4.78 is 5.41. The van der Waals surface area contributed by atoms with Gasteiger partial charge in [0.05, 0.1) is 11.1 Å². The number of nitrogens with one attached hydrogen (secondary N) is 1. The normalized spacial score (nSPS) is 19.0. The lowest BCUT2D eigenvalue weighted by molar-refractivity contribution is 0.0437. The molecule has 1 atom stereocenters. The van der Waals surface area contributed by atoms with E-state index in [2.05, 4.69) is 11.4 Å². The molecule has 1 aliphatic heterocycles. The Kier molecular flexibility index (Phi) is 3.12. The molecule has 4 rings (SSSR count). The molecule has 0 spiro atoms. The second kappa shape index (κ2) is 5.15. The average Bonchev–Trinajstić information content (AvgIpc) is 3.06. The highest BCUT2D eigenvalue weighted by Crippen LogP contribution is 2.40. The summed E-state index contributed by atoms with van der Waals surface area (Å²) in [7, 11) is 0. The van der Waals surface area contributed by atoms with Crippen LogP contribution in [-0.4, -0.2) is 5.97 Å². The fraction of sp³-hybridized carbons (Fsp3) is 0.294. The maximum atomic E-state index is 11.9. The van der Waals surface area contributed by atoms with Crippen molar-refractivity contribution in [3.8, 4) is 6.07 Å². The first-order chi connectivity index (χ1) is 10.8.